The summed E-state index contributed by atoms with van der Waals surface area (Å²) < 4.78 is 7.34. The molecule has 4 amide bonds. The molecule has 2 aromatic rings. The van der Waals surface area contributed by atoms with Crippen molar-refractivity contribution >= 4 is 77.4 Å². The molecule has 0 bridgehead atoms. The number of benzene rings is 2. The van der Waals surface area contributed by atoms with Gasteiger partial charge in [0.1, 0.15) is 11.3 Å². The van der Waals surface area contributed by atoms with Gasteiger partial charge in [0.05, 0.1) is 21.7 Å². The van der Waals surface area contributed by atoms with Crippen LogP contribution in [-0.2, 0) is 9.59 Å². The van der Waals surface area contributed by atoms with E-state index in [1.165, 1.54) is 13.2 Å². The molecule has 9 heteroatoms. The molecule has 2 aromatic carbocycles. The monoisotopic (exact) mass is 556 g/mol. The number of rotatable bonds is 3. The van der Waals surface area contributed by atoms with Crippen molar-refractivity contribution < 1.29 is 19.1 Å². The van der Waals surface area contributed by atoms with Crippen LogP contribution in [0.25, 0.3) is 6.08 Å². The zero-order valence-corrected chi connectivity index (χ0v) is 18.5. The number of imide groups is 2. The number of carbonyl (C=O) groups excluding carboxylic acids is 3. The van der Waals surface area contributed by atoms with Crippen LogP contribution in [0.3, 0.4) is 0 Å². The van der Waals surface area contributed by atoms with Crippen molar-refractivity contribution in [2.75, 3.05) is 12.0 Å². The summed E-state index contributed by atoms with van der Waals surface area (Å²) in [5.41, 5.74) is 0.788. The Morgan fingerprint density at radius 3 is 2.15 bits per heavy atom. The minimum atomic E-state index is -0.790. The van der Waals surface area contributed by atoms with E-state index in [0.717, 1.165) is 9.37 Å². The lowest BCUT2D eigenvalue weighted by atomic mass is 10.1. The standard InChI is InChI=1S/C18H11Br3N2O4/c1-27-15-13(20)7-9(8-14(15)21)6-12-16(24)22-18(26)23(17(12)25)11-4-2-10(19)3-5-11/h2-8H,1H3,(H,22,24,26)/b12-6+. The number of nitrogens with one attached hydrogen (secondary N) is 1. The number of barbiturate groups is 1. The molecule has 0 atom stereocenters. The lowest BCUT2D eigenvalue weighted by Crippen LogP contribution is -2.54. The Labute approximate surface area is 179 Å². The maximum absolute atomic E-state index is 12.8. The molecule has 0 spiro atoms. The van der Waals surface area contributed by atoms with Gasteiger partial charge in [0.2, 0.25) is 0 Å². The summed E-state index contributed by atoms with van der Waals surface area (Å²) in [4.78, 5) is 38.2. The van der Waals surface area contributed by atoms with Gasteiger partial charge in [-0.15, -0.1) is 0 Å². The fraction of sp³-hybridized carbons (Fsp3) is 0.0556. The Morgan fingerprint density at radius 1 is 1.00 bits per heavy atom. The van der Waals surface area contributed by atoms with E-state index in [1.54, 1.807) is 36.4 Å². The van der Waals surface area contributed by atoms with E-state index in [9.17, 15) is 14.4 Å². The minimum Gasteiger partial charge on any atom is -0.494 e. The van der Waals surface area contributed by atoms with Gasteiger partial charge in [-0.2, -0.15) is 0 Å². The molecule has 6 nitrogen and oxygen atoms in total. The van der Waals surface area contributed by atoms with Crippen molar-refractivity contribution in [2.45, 2.75) is 0 Å². The Bertz CT molecular complexity index is 964. The molecule has 1 saturated heterocycles. The molecule has 0 aromatic heterocycles. The van der Waals surface area contributed by atoms with Crippen LogP contribution in [0.15, 0.2) is 55.4 Å². The lowest BCUT2D eigenvalue weighted by molar-refractivity contribution is -0.122. The molecule has 1 fully saturated rings. The maximum Gasteiger partial charge on any atom is 0.335 e. The van der Waals surface area contributed by atoms with Gasteiger partial charge in [0.25, 0.3) is 11.8 Å². The highest BCUT2D eigenvalue weighted by Crippen LogP contribution is 2.35. The normalized spacial score (nSPS) is 15.9. The Balaban J connectivity index is 2.03. The average Bonchev–Trinajstić information content (AvgIpc) is 2.60. The van der Waals surface area contributed by atoms with Gasteiger partial charge in [0.15, 0.2) is 0 Å². The summed E-state index contributed by atoms with van der Waals surface area (Å²) in [7, 11) is 1.53. The number of anilines is 1. The van der Waals surface area contributed by atoms with E-state index in [-0.39, 0.29) is 5.57 Å². The summed E-state index contributed by atoms with van der Waals surface area (Å²) in [5, 5.41) is 2.19. The third-order valence-corrected chi connectivity index (χ3v) is 5.43. The van der Waals surface area contributed by atoms with Crippen LogP contribution < -0.4 is 15.0 Å². The van der Waals surface area contributed by atoms with Gasteiger partial charge in [-0.05, 0) is 79.9 Å². The minimum absolute atomic E-state index is 0.151. The first-order valence-corrected chi connectivity index (χ1v) is 9.89. The number of halogens is 3. The first-order chi connectivity index (χ1) is 12.8. The molecule has 1 aliphatic rings. The van der Waals surface area contributed by atoms with Crippen molar-refractivity contribution in [3.63, 3.8) is 0 Å². The fourth-order valence-electron chi connectivity index (χ4n) is 2.51. The molecular formula is C18H11Br3N2O4. The largest absolute Gasteiger partial charge is 0.494 e. The molecule has 138 valence electrons. The molecule has 27 heavy (non-hydrogen) atoms. The number of carbonyl (C=O) groups is 3. The molecule has 0 saturated carbocycles. The highest BCUT2D eigenvalue weighted by Gasteiger charge is 2.36. The third kappa shape index (κ3) is 3.99. The van der Waals surface area contributed by atoms with Gasteiger partial charge in [-0.1, -0.05) is 15.9 Å². The molecule has 0 radical (unpaired) electrons. The Kier molecular flexibility index (Phi) is 5.83. The summed E-state index contributed by atoms with van der Waals surface area (Å²) >= 11 is 10.1. The molecule has 1 heterocycles. The number of urea groups is 1. The van der Waals surface area contributed by atoms with Gasteiger partial charge >= 0.3 is 6.03 Å². The van der Waals surface area contributed by atoms with Crippen molar-refractivity contribution in [1.82, 2.24) is 5.32 Å². The number of methoxy groups -OCH3 is 1. The van der Waals surface area contributed by atoms with Crippen molar-refractivity contribution in [3.8, 4) is 5.75 Å². The lowest BCUT2D eigenvalue weighted by Gasteiger charge is -2.26. The van der Waals surface area contributed by atoms with E-state index >= 15 is 0 Å². The highest BCUT2D eigenvalue weighted by molar-refractivity contribution is 9.11. The summed E-state index contributed by atoms with van der Waals surface area (Å²) in [6.45, 7) is 0. The average molecular weight is 559 g/mol. The molecule has 1 N–H and O–H groups in total. The summed E-state index contributed by atoms with van der Waals surface area (Å²) in [6.07, 6.45) is 1.42. The van der Waals surface area contributed by atoms with Crippen LogP contribution >= 0.6 is 47.8 Å². The molecular weight excluding hydrogens is 548 g/mol. The second-order valence-corrected chi connectivity index (χ2v) is 8.08. The van der Waals surface area contributed by atoms with Crippen molar-refractivity contribution in [2.24, 2.45) is 0 Å². The van der Waals surface area contributed by atoms with E-state index in [1.807, 2.05) is 0 Å². The summed E-state index contributed by atoms with van der Waals surface area (Å²) in [5.74, 6) is -0.862. The molecule has 0 aliphatic carbocycles. The van der Waals surface area contributed by atoms with E-state index in [2.05, 4.69) is 53.1 Å². The third-order valence-electron chi connectivity index (χ3n) is 3.72. The number of nitrogens with zero attached hydrogens (tertiary/aromatic N) is 1. The van der Waals surface area contributed by atoms with E-state index in [0.29, 0.717) is 25.9 Å². The molecule has 1 aliphatic heterocycles. The Morgan fingerprint density at radius 2 is 1.59 bits per heavy atom. The van der Waals surface area contributed by atoms with Crippen molar-refractivity contribution in [1.29, 1.82) is 0 Å². The van der Waals surface area contributed by atoms with Gasteiger partial charge < -0.3 is 4.74 Å². The van der Waals surface area contributed by atoms with Crippen LogP contribution in [0.5, 0.6) is 5.75 Å². The predicted octanol–water partition coefficient (Wildman–Crippen LogP) is 4.65. The number of hydrogen-bond acceptors (Lipinski definition) is 4. The first kappa shape index (κ1) is 19.8. The first-order valence-electron chi connectivity index (χ1n) is 7.52. The second kappa shape index (κ2) is 7.95. The zero-order chi connectivity index (χ0) is 19.7. The van der Waals surface area contributed by atoms with Gasteiger partial charge in [-0.3, -0.25) is 14.9 Å². The quantitative estimate of drug-likeness (QED) is 0.440. The maximum atomic E-state index is 12.8. The highest BCUT2D eigenvalue weighted by atomic mass is 79.9. The predicted molar refractivity (Wildman–Crippen MR) is 112 cm³/mol. The van der Waals surface area contributed by atoms with Crippen LogP contribution in [-0.4, -0.2) is 25.0 Å². The fourth-order valence-corrected chi connectivity index (χ4v) is 4.32. The topological polar surface area (TPSA) is 75.7 Å². The van der Waals surface area contributed by atoms with Crippen LogP contribution in [0, 0.1) is 0 Å². The zero-order valence-electron chi connectivity index (χ0n) is 13.8. The van der Waals surface area contributed by atoms with Crippen molar-refractivity contribution in [3.05, 3.63) is 61.0 Å². The van der Waals surface area contributed by atoms with Crippen LogP contribution in [0.1, 0.15) is 5.56 Å². The molecule has 3 rings (SSSR count). The smallest absolute Gasteiger partial charge is 0.335 e. The second-order valence-electron chi connectivity index (χ2n) is 5.45. The van der Waals surface area contributed by atoms with Crippen LogP contribution in [0.2, 0.25) is 0 Å². The number of hydrogen-bond donors (Lipinski definition) is 1. The SMILES string of the molecule is COc1c(Br)cc(/C=C2\C(=O)NC(=O)N(c3ccc(Br)cc3)C2=O)cc1Br. The van der Waals surface area contributed by atoms with Gasteiger partial charge in [-0.25, -0.2) is 9.69 Å². The summed E-state index contributed by atoms with van der Waals surface area (Å²) in [6, 6.07) is 9.24. The number of amides is 4. The Hall–Kier alpha value is -1.97. The van der Waals surface area contributed by atoms with Gasteiger partial charge in [0, 0.05) is 4.47 Å². The molecule has 0 unspecified atom stereocenters. The van der Waals surface area contributed by atoms with E-state index in [4.69, 9.17) is 4.74 Å². The number of ether oxygens (including phenoxy) is 1. The van der Waals surface area contributed by atoms with E-state index < -0.39 is 17.8 Å². The van der Waals surface area contributed by atoms with Crippen LogP contribution in [0.4, 0.5) is 10.5 Å².